The van der Waals surface area contributed by atoms with Crippen molar-refractivity contribution >= 4 is 19.8 Å². The molecule has 2 unspecified atom stereocenters. The van der Waals surface area contributed by atoms with Gasteiger partial charge in [-0.3, -0.25) is 18.6 Å². The number of nitrogens with zero attached hydrogens (tertiary/aromatic N) is 1. The lowest BCUT2D eigenvalue weighted by molar-refractivity contribution is -0.870. The normalized spacial score (nSPS) is 13.7. The molecular weight excluding hydrogens is 846 g/mol. The summed E-state index contributed by atoms with van der Waals surface area (Å²) < 4.78 is 34.5. The maximum atomic E-state index is 12.8. The number of hydrogen-bond acceptors (Lipinski definition) is 7. The molecule has 0 aromatic heterocycles. The van der Waals surface area contributed by atoms with E-state index in [-0.39, 0.29) is 32.0 Å². The number of esters is 2. The Morgan fingerprint density at radius 2 is 0.864 bits per heavy atom. The van der Waals surface area contributed by atoms with Gasteiger partial charge >= 0.3 is 19.8 Å². The highest BCUT2D eigenvalue weighted by atomic mass is 31.2. The number of hydrogen-bond donors (Lipinski definition) is 1. The molecule has 0 radical (unpaired) electrons. The predicted molar refractivity (Wildman–Crippen MR) is 280 cm³/mol. The second kappa shape index (κ2) is 48.0. The summed E-state index contributed by atoms with van der Waals surface area (Å²) in [5.41, 5.74) is 0. The Kier molecular flexibility index (Phi) is 46.5. The van der Waals surface area contributed by atoms with Gasteiger partial charge < -0.3 is 18.9 Å². The van der Waals surface area contributed by atoms with Gasteiger partial charge in [0.2, 0.25) is 0 Å². The molecule has 10 heteroatoms. The van der Waals surface area contributed by atoms with Crippen LogP contribution >= 0.6 is 7.82 Å². The molecule has 386 valence electrons. The Morgan fingerprint density at radius 1 is 0.485 bits per heavy atom. The Hall–Kier alpha value is -2.03. The maximum absolute atomic E-state index is 12.8. The third kappa shape index (κ3) is 51.4. The molecule has 66 heavy (non-hydrogen) atoms. The molecule has 2 atom stereocenters. The minimum atomic E-state index is -4.39. The number of ether oxygens (including phenoxy) is 2. The van der Waals surface area contributed by atoms with Crippen molar-refractivity contribution in [2.45, 2.75) is 251 Å². The number of carbonyl (C=O) groups excluding carboxylic acids is 2. The monoisotopic (exact) mass is 951 g/mol. The number of quaternary nitrogens is 1. The van der Waals surface area contributed by atoms with Crippen LogP contribution in [0, 0.1) is 0 Å². The molecule has 0 saturated heterocycles. The van der Waals surface area contributed by atoms with Crippen LogP contribution in [-0.4, -0.2) is 74.9 Å². The highest BCUT2D eigenvalue weighted by molar-refractivity contribution is 7.47. The van der Waals surface area contributed by atoms with Crippen molar-refractivity contribution in [1.29, 1.82) is 0 Å². The van der Waals surface area contributed by atoms with Crippen LogP contribution in [0.4, 0.5) is 0 Å². The van der Waals surface area contributed by atoms with E-state index in [1.807, 2.05) is 21.1 Å². The van der Waals surface area contributed by atoms with Crippen molar-refractivity contribution in [2.75, 3.05) is 47.5 Å². The summed E-state index contributed by atoms with van der Waals surface area (Å²) in [6.45, 7) is 4.33. The molecule has 0 aromatic rings. The Balaban J connectivity index is 4.19. The third-order valence-electron chi connectivity index (χ3n) is 11.9. The molecule has 0 rings (SSSR count). The smallest absolute Gasteiger partial charge is 0.462 e. The summed E-state index contributed by atoms with van der Waals surface area (Å²) in [6.07, 6.45) is 58.9. The molecule has 0 spiro atoms. The second-order valence-electron chi connectivity index (χ2n) is 19.6. The SMILES string of the molecule is CC/C=C\C/C=C\C/C=C\C/C=C\CCCCCCCCC(=O)OC(COC(=O)CCCCCCCCCCCCCCCCCCCCCCCCC)COP(=O)(O)OCC[N+](C)(C)C. The number of phosphoric acid groups is 1. The summed E-state index contributed by atoms with van der Waals surface area (Å²) in [5.74, 6) is -0.805. The third-order valence-corrected chi connectivity index (χ3v) is 12.9. The first-order chi connectivity index (χ1) is 32.0. The standard InChI is InChI=1S/C56H104NO8P/c1-6-8-10-12-14-16-18-20-22-24-26-27-28-29-31-32-34-36-38-40-42-44-46-48-55(58)62-52-54(53-64-66(60,61)63-51-50-57(3,4)5)65-56(59)49-47-45-43-41-39-37-35-33-30-25-23-21-19-17-15-13-11-9-7-2/h9,11,15,17,21,23,30,33,54H,6-8,10,12-14,16,18-20,22,24-29,31-32,34-53H2,1-5H3/p+1/b11-9-,17-15-,23-21-,33-30-. The molecule has 0 aliphatic carbocycles. The number of unbranched alkanes of at least 4 members (excludes halogenated alkanes) is 28. The lowest BCUT2D eigenvalue weighted by atomic mass is 10.0. The molecule has 1 N–H and O–H groups in total. The average molecular weight is 951 g/mol. The highest BCUT2D eigenvalue weighted by Crippen LogP contribution is 2.43. The van der Waals surface area contributed by atoms with E-state index in [1.165, 1.54) is 128 Å². The fourth-order valence-electron chi connectivity index (χ4n) is 7.65. The zero-order valence-electron chi connectivity index (χ0n) is 43.7. The van der Waals surface area contributed by atoms with Gasteiger partial charge in [0.15, 0.2) is 6.10 Å². The van der Waals surface area contributed by atoms with E-state index in [0.29, 0.717) is 17.4 Å². The van der Waals surface area contributed by atoms with Crippen molar-refractivity contribution in [2.24, 2.45) is 0 Å². The fraction of sp³-hybridized carbons (Fsp3) is 0.821. The molecule has 0 aliphatic heterocycles. The van der Waals surface area contributed by atoms with Crippen LogP contribution in [0.2, 0.25) is 0 Å². The van der Waals surface area contributed by atoms with Gasteiger partial charge in [0, 0.05) is 12.8 Å². The molecule has 0 bridgehead atoms. The molecule has 0 fully saturated rings. The topological polar surface area (TPSA) is 108 Å². The number of carbonyl (C=O) groups is 2. The van der Waals surface area contributed by atoms with Gasteiger partial charge in [-0.05, 0) is 51.4 Å². The van der Waals surface area contributed by atoms with Gasteiger partial charge in [0.25, 0.3) is 0 Å². The zero-order valence-corrected chi connectivity index (χ0v) is 44.6. The quantitative estimate of drug-likeness (QED) is 0.0211. The molecule has 0 aromatic carbocycles. The van der Waals surface area contributed by atoms with Gasteiger partial charge in [0.05, 0.1) is 27.7 Å². The van der Waals surface area contributed by atoms with E-state index < -0.39 is 26.5 Å². The van der Waals surface area contributed by atoms with Crippen LogP contribution in [0.5, 0.6) is 0 Å². The van der Waals surface area contributed by atoms with Crippen LogP contribution < -0.4 is 0 Å². The molecule has 0 aliphatic rings. The minimum absolute atomic E-state index is 0.0285. The molecule has 9 nitrogen and oxygen atoms in total. The number of phosphoric ester groups is 1. The maximum Gasteiger partial charge on any atom is 0.472 e. The van der Waals surface area contributed by atoms with Crippen LogP contribution in [0.1, 0.15) is 245 Å². The number of likely N-dealkylation sites (N-methyl/N-ethyl adjacent to an activating group) is 1. The summed E-state index contributed by atoms with van der Waals surface area (Å²) in [4.78, 5) is 35.6. The van der Waals surface area contributed by atoms with Crippen molar-refractivity contribution < 1.29 is 42.1 Å². The van der Waals surface area contributed by atoms with E-state index >= 15 is 0 Å². The van der Waals surface area contributed by atoms with Gasteiger partial charge in [-0.15, -0.1) is 0 Å². The second-order valence-corrected chi connectivity index (χ2v) is 21.0. The summed E-state index contributed by atoms with van der Waals surface area (Å²) >= 11 is 0. The highest BCUT2D eigenvalue weighted by Gasteiger charge is 2.27. The van der Waals surface area contributed by atoms with Gasteiger partial charge in [-0.25, -0.2) is 4.57 Å². The van der Waals surface area contributed by atoms with E-state index in [1.54, 1.807) is 0 Å². The molecule has 0 heterocycles. The van der Waals surface area contributed by atoms with Gasteiger partial charge in [-0.1, -0.05) is 229 Å². The summed E-state index contributed by atoms with van der Waals surface area (Å²) in [7, 11) is 1.47. The summed E-state index contributed by atoms with van der Waals surface area (Å²) in [5, 5.41) is 0. The van der Waals surface area contributed by atoms with E-state index in [9.17, 15) is 19.0 Å². The van der Waals surface area contributed by atoms with Crippen LogP contribution in [0.3, 0.4) is 0 Å². The number of rotatable bonds is 50. The Bertz CT molecular complexity index is 1260. The Labute approximate surface area is 407 Å². The average Bonchev–Trinajstić information content (AvgIpc) is 3.27. The van der Waals surface area contributed by atoms with Crippen molar-refractivity contribution in [3.63, 3.8) is 0 Å². The first-order valence-electron chi connectivity index (χ1n) is 27.4. The molecule has 0 saturated carbocycles. The predicted octanol–water partition coefficient (Wildman–Crippen LogP) is 16.6. The van der Waals surface area contributed by atoms with Crippen LogP contribution in [0.15, 0.2) is 48.6 Å². The summed E-state index contributed by atoms with van der Waals surface area (Å²) in [6, 6.07) is 0. The number of allylic oxidation sites excluding steroid dienone is 8. The minimum Gasteiger partial charge on any atom is -0.462 e. The van der Waals surface area contributed by atoms with Crippen molar-refractivity contribution in [3.8, 4) is 0 Å². The van der Waals surface area contributed by atoms with Crippen LogP contribution in [-0.2, 0) is 32.7 Å². The van der Waals surface area contributed by atoms with Crippen molar-refractivity contribution in [3.05, 3.63) is 48.6 Å². The van der Waals surface area contributed by atoms with Crippen LogP contribution in [0.25, 0.3) is 0 Å². The lowest BCUT2D eigenvalue weighted by Crippen LogP contribution is -2.37. The van der Waals surface area contributed by atoms with E-state index in [2.05, 4.69) is 62.5 Å². The molecular formula is C56H105NO8P+. The zero-order chi connectivity index (χ0) is 48.5. The van der Waals surface area contributed by atoms with E-state index in [0.717, 1.165) is 83.5 Å². The fourth-order valence-corrected chi connectivity index (χ4v) is 8.40. The largest absolute Gasteiger partial charge is 0.472 e. The first kappa shape index (κ1) is 64.0. The van der Waals surface area contributed by atoms with Crippen molar-refractivity contribution in [1.82, 2.24) is 0 Å². The first-order valence-corrected chi connectivity index (χ1v) is 28.9. The van der Waals surface area contributed by atoms with Gasteiger partial charge in [-0.2, -0.15) is 0 Å². The van der Waals surface area contributed by atoms with E-state index in [4.69, 9.17) is 18.5 Å². The lowest BCUT2D eigenvalue weighted by Gasteiger charge is -2.24. The Morgan fingerprint density at radius 3 is 1.29 bits per heavy atom. The molecule has 0 amide bonds. The van der Waals surface area contributed by atoms with Gasteiger partial charge in [0.1, 0.15) is 19.8 Å².